The zero-order valence-electron chi connectivity index (χ0n) is 11.8. The van der Waals surface area contributed by atoms with Crippen LogP contribution in [0.1, 0.15) is 36.0 Å². The molecule has 1 aliphatic carbocycles. The van der Waals surface area contributed by atoms with Gasteiger partial charge in [0.25, 0.3) is 0 Å². The maximum absolute atomic E-state index is 5.45. The van der Waals surface area contributed by atoms with Crippen molar-refractivity contribution < 1.29 is 9.47 Å². The van der Waals surface area contributed by atoms with Gasteiger partial charge in [-0.25, -0.2) is 9.97 Å². The van der Waals surface area contributed by atoms with Crippen LogP contribution in [0.4, 0.5) is 0 Å². The number of ether oxygens (including phenoxy) is 2. The molecule has 1 heterocycles. The maximum Gasteiger partial charge on any atom is 0.130 e. The summed E-state index contributed by atoms with van der Waals surface area (Å²) >= 11 is 0. The first-order chi connectivity index (χ1) is 9.35. The van der Waals surface area contributed by atoms with Crippen LogP contribution >= 0.6 is 0 Å². The maximum atomic E-state index is 5.45. The van der Waals surface area contributed by atoms with E-state index < -0.39 is 0 Å². The average molecular weight is 265 g/mol. The molecule has 0 saturated carbocycles. The number of aromatic nitrogens is 2. The summed E-state index contributed by atoms with van der Waals surface area (Å²) in [7, 11) is 3.67. The lowest BCUT2D eigenvalue weighted by atomic mass is 9.92. The van der Waals surface area contributed by atoms with Crippen LogP contribution in [0, 0.1) is 0 Å². The average Bonchev–Trinajstić information content (AvgIpc) is 2.46. The first-order valence-corrected chi connectivity index (χ1v) is 6.93. The van der Waals surface area contributed by atoms with E-state index in [1.807, 2.05) is 13.2 Å². The van der Waals surface area contributed by atoms with Gasteiger partial charge in [0.15, 0.2) is 0 Å². The Hall–Kier alpha value is -1.04. The van der Waals surface area contributed by atoms with Crippen LogP contribution in [0.2, 0.25) is 0 Å². The smallest absolute Gasteiger partial charge is 0.130 e. The predicted octanol–water partition coefficient (Wildman–Crippen LogP) is 1.28. The van der Waals surface area contributed by atoms with E-state index in [0.717, 1.165) is 18.7 Å². The van der Waals surface area contributed by atoms with Gasteiger partial charge in [-0.15, -0.1) is 0 Å². The second-order valence-corrected chi connectivity index (χ2v) is 4.78. The van der Waals surface area contributed by atoms with Crippen molar-refractivity contribution in [3.05, 3.63) is 23.3 Å². The number of hydrogen-bond donors (Lipinski definition) is 1. The summed E-state index contributed by atoms with van der Waals surface area (Å²) in [6.07, 6.45) is 6.17. The first kappa shape index (κ1) is 14.4. The van der Waals surface area contributed by atoms with E-state index in [-0.39, 0.29) is 0 Å². The number of hydrogen-bond acceptors (Lipinski definition) is 5. The molecule has 1 unspecified atom stereocenters. The van der Waals surface area contributed by atoms with E-state index in [2.05, 4.69) is 15.3 Å². The lowest BCUT2D eigenvalue weighted by molar-refractivity contribution is 0.0716. The Kier molecular flexibility index (Phi) is 5.69. The van der Waals surface area contributed by atoms with Gasteiger partial charge >= 0.3 is 0 Å². The number of fused-ring (bicyclic) bond motifs is 1. The molecule has 19 heavy (non-hydrogen) atoms. The molecule has 1 aromatic heterocycles. The van der Waals surface area contributed by atoms with Crippen molar-refractivity contribution in [1.29, 1.82) is 0 Å². The highest BCUT2D eigenvalue weighted by atomic mass is 16.5. The van der Waals surface area contributed by atoms with Crippen molar-refractivity contribution in [2.45, 2.75) is 31.7 Å². The standard InChI is InChI=1S/C14H23N3O2/c1-15-12-4-3-5-13-11(12)10-16-14(17-13)6-7-19-9-8-18-2/h10,12,15H,3-9H2,1-2H3. The second-order valence-electron chi connectivity index (χ2n) is 4.78. The van der Waals surface area contributed by atoms with Crippen molar-refractivity contribution in [2.75, 3.05) is 34.0 Å². The number of nitrogens with zero attached hydrogens (tertiary/aromatic N) is 2. The molecule has 1 aliphatic rings. The van der Waals surface area contributed by atoms with Gasteiger partial charge in [0, 0.05) is 37.0 Å². The number of methoxy groups -OCH3 is 1. The quantitative estimate of drug-likeness (QED) is 0.753. The zero-order chi connectivity index (χ0) is 13.5. The van der Waals surface area contributed by atoms with Crippen molar-refractivity contribution in [2.24, 2.45) is 0 Å². The molecule has 106 valence electrons. The van der Waals surface area contributed by atoms with Crippen molar-refractivity contribution in [3.63, 3.8) is 0 Å². The molecule has 0 aliphatic heterocycles. The van der Waals surface area contributed by atoms with E-state index in [0.29, 0.717) is 25.9 Å². The van der Waals surface area contributed by atoms with Gasteiger partial charge in [-0.05, 0) is 26.3 Å². The van der Waals surface area contributed by atoms with Gasteiger partial charge < -0.3 is 14.8 Å². The third kappa shape index (κ3) is 3.96. The summed E-state index contributed by atoms with van der Waals surface area (Å²) in [6, 6.07) is 0.413. The highest BCUT2D eigenvalue weighted by Gasteiger charge is 2.20. The second kappa shape index (κ2) is 7.53. The van der Waals surface area contributed by atoms with E-state index in [4.69, 9.17) is 9.47 Å². The highest BCUT2D eigenvalue weighted by molar-refractivity contribution is 5.24. The van der Waals surface area contributed by atoms with Gasteiger partial charge in [0.2, 0.25) is 0 Å². The van der Waals surface area contributed by atoms with Crippen molar-refractivity contribution in [3.8, 4) is 0 Å². The van der Waals surface area contributed by atoms with Crippen LogP contribution in [-0.4, -0.2) is 43.9 Å². The van der Waals surface area contributed by atoms with Crippen molar-refractivity contribution >= 4 is 0 Å². The molecule has 0 aromatic carbocycles. The van der Waals surface area contributed by atoms with E-state index in [1.165, 1.54) is 24.1 Å². The topological polar surface area (TPSA) is 56.3 Å². The van der Waals surface area contributed by atoms with Crippen LogP contribution < -0.4 is 5.32 Å². The first-order valence-electron chi connectivity index (χ1n) is 6.93. The van der Waals surface area contributed by atoms with Crippen LogP contribution in [0.15, 0.2) is 6.20 Å². The Morgan fingerprint density at radius 1 is 1.37 bits per heavy atom. The summed E-state index contributed by atoms with van der Waals surface area (Å²) in [5, 5.41) is 3.33. The Morgan fingerprint density at radius 3 is 3.05 bits per heavy atom. The van der Waals surface area contributed by atoms with Crippen LogP contribution in [0.5, 0.6) is 0 Å². The van der Waals surface area contributed by atoms with Gasteiger partial charge in [-0.2, -0.15) is 0 Å². The van der Waals surface area contributed by atoms with Crippen LogP contribution in [0.25, 0.3) is 0 Å². The molecule has 0 radical (unpaired) electrons. The van der Waals surface area contributed by atoms with Gasteiger partial charge in [-0.1, -0.05) is 0 Å². The number of aryl methyl sites for hydroxylation is 1. The molecule has 5 heteroatoms. The molecule has 0 bridgehead atoms. The Bertz CT molecular complexity index is 398. The third-order valence-electron chi connectivity index (χ3n) is 3.48. The molecule has 0 amide bonds. The zero-order valence-corrected chi connectivity index (χ0v) is 11.8. The minimum absolute atomic E-state index is 0.413. The minimum Gasteiger partial charge on any atom is -0.382 e. The Labute approximate surface area is 114 Å². The predicted molar refractivity (Wildman–Crippen MR) is 73.2 cm³/mol. The summed E-state index contributed by atoms with van der Waals surface area (Å²) in [5.74, 6) is 0.882. The van der Waals surface area contributed by atoms with Gasteiger partial charge in [0.1, 0.15) is 5.82 Å². The minimum atomic E-state index is 0.413. The monoisotopic (exact) mass is 265 g/mol. The number of rotatable bonds is 7. The normalized spacial score (nSPS) is 18.3. The molecule has 5 nitrogen and oxygen atoms in total. The van der Waals surface area contributed by atoms with Crippen LogP contribution in [0.3, 0.4) is 0 Å². The lowest BCUT2D eigenvalue weighted by Gasteiger charge is -2.24. The number of nitrogens with one attached hydrogen (secondary N) is 1. The summed E-state index contributed by atoms with van der Waals surface area (Å²) in [5.41, 5.74) is 2.46. The summed E-state index contributed by atoms with van der Waals surface area (Å²) in [6.45, 7) is 1.91. The largest absolute Gasteiger partial charge is 0.382 e. The fraction of sp³-hybridized carbons (Fsp3) is 0.714. The molecule has 2 rings (SSSR count). The molecular weight excluding hydrogens is 242 g/mol. The molecule has 1 aromatic rings. The van der Waals surface area contributed by atoms with Gasteiger partial charge in [-0.3, -0.25) is 0 Å². The van der Waals surface area contributed by atoms with E-state index in [1.54, 1.807) is 7.11 Å². The molecule has 1 N–H and O–H groups in total. The third-order valence-corrected chi connectivity index (χ3v) is 3.48. The van der Waals surface area contributed by atoms with Gasteiger partial charge in [0.05, 0.1) is 19.8 Å². The Morgan fingerprint density at radius 2 is 2.26 bits per heavy atom. The Balaban J connectivity index is 1.89. The fourth-order valence-corrected chi connectivity index (χ4v) is 2.42. The lowest BCUT2D eigenvalue weighted by Crippen LogP contribution is -2.23. The van der Waals surface area contributed by atoms with Crippen LogP contribution in [-0.2, 0) is 22.3 Å². The van der Waals surface area contributed by atoms with E-state index in [9.17, 15) is 0 Å². The molecule has 0 fully saturated rings. The molecular formula is C14H23N3O2. The SMILES string of the molecule is CNC1CCCc2nc(CCOCCOC)ncc21. The molecule has 0 saturated heterocycles. The highest BCUT2D eigenvalue weighted by Crippen LogP contribution is 2.27. The summed E-state index contributed by atoms with van der Waals surface area (Å²) < 4.78 is 10.4. The van der Waals surface area contributed by atoms with Crippen molar-refractivity contribution in [1.82, 2.24) is 15.3 Å². The van der Waals surface area contributed by atoms with E-state index >= 15 is 0 Å². The summed E-state index contributed by atoms with van der Waals surface area (Å²) in [4.78, 5) is 9.11. The molecule has 0 spiro atoms. The fourth-order valence-electron chi connectivity index (χ4n) is 2.42. The molecule has 1 atom stereocenters.